The molecule has 4 aromatic rings. The third-order valence-corrected chi connectivity index (χ3v) is 8.48. The molecule has 10 heteroatoms. The molecule has 0 bridgehead atoms. The van der Waals surface area contributed by atoms with E-state index < -0.39 is 5.41 Å². The zero-order valence-electron chi connectivity index (χ0n) is 22.7. The Morgan fingerprint density at radius 2 is 1.79 bits per heavy atom. The SMILES string of the molecule is CC1=CCC(C)(C)N1c1ncc(-c2ccc(C(C)(c3noc(-c4cnn(C5COC5)c4)n3)C3CC3)cn2)cn1. The van der Waals surface area contributed by atoms with E-state index in [4.69, 9.17) is 19.2 Å². The van der Waals surface area contributed by atoms with Gasteiger partial charge in [-0.3, -0.25) is 9.67 Å². The third kappa shape index (κ3) is 4.05. The lowest BCUT2D eigenvalue weighted by Gasteiger charge is -2.33. The molecule has 200 valence electrons. The standard InChI is InChI=1S/C29H32N8O2/c1-18-9-10-28(2,3)37(18)27-31-11-19(12-32-27)24-8-7-22(14-30-24)29(4,21-5-6-21)26-34-25(39-35-26)20-13-33-36(15-20)23-16-38-17-23/h7-9,11-15,21,23H,5-6,10,16-17H2,1-4H3. The first kappa shape index (κ1) is 24.1. The average Bonchev–Trinajstić information content (AvgIpc) is 3.33. The van der Waals surface area contributed by atoms with Gasteiger partial charge in [-0.1, -0.05) is 17.3 Å². The monoisotopic (exact) mass is 524 g/mol. The van der Waals surface area contributed by atoms with E-state index in [2.05, 4.69) is 65.0 Å². The van der Waals surface area contributed by atoms with Gasteiger partial charge in [0.2, 0.25) is 5.95 Å². The topological polar surface area (TPSA) is 108 Å². The van der Waals surface area contributed by atoms with Crippen LogP contribution in [0, 0.1) is 5.92 Å². The Morgan fingerprint density at radius 1 is 1.00 bits per heavy atom. The van der Waals surface area contributed by atoms with Crippen molar-refractivity contribution in [2.75, 3.05) is 18.1 Å². The van der Waals surface area contributed by atoms with Gasteiger partial charge < -0.3 is 14.2 Å². The van der Waals surface area contributed by atoms with Crippen LogP contribution in [0.15, 0.2) is 59.4 Å². The fourth-order valence-electron chi connectivity index (χ4n) is 5.71. The summed E-state index contributed by atoms with van der Waals surface area (Å²) in [4.78, 5) is 21.2. The second kappa shape index (κ2) is 8.81. The van der Waals surface area contributed by atoms with Crippen molar-refractivity contribution in [1.82, 2.24) is 34.9 Å². The van der Waals surface area contributed by atoms with E-state index in [1.807, 2.05) is 35.5 Å². The van der Waals surface area contributed by atoms with Gasteiger partial charge in [-0.15, -0.1) is 0 Å². The number of hydrogen-bond acceptors (Lipinski definition) is 9. The highest BCUT2D eigenvalue weighted by molar-refractivity contribution is 5.59. The highest BCUT2D eigenvalue weighted by Gasteiger charge is 2.47. The van der Waals surface area contributed by atoms with Crippen molar-refractivity contribution in [3.05, 3.63) is 66.3 Å². The lowest BCUT2D eigenvalue weighted by molar-refractivity contribution is -0.0286. The molecule has 3 aliphatic rings. The summed E-state index contributed by atoms with van der Waals surface area (Å²) in [5.74, 6) is 2.32. The van der Waals surface area contributed by atoms with Gasteiger partial charge in [0.15, 0.2) is 5.82 Å². The van der Waals surface area contributed by atoms with E-state index in [0.717, 1.165) is 41.6 Å². The Kier molecular flexibility index (Phi) is 5.45. The summed E-state index contributed by atoms with van der Waals surface area (Å²) in [5.41, 5.74) is 4.36. The summed E-state index contributed by atoms with van der Waals surface area (Å²) in [5, 5.41) is 8.88. The van der Waals surface area contributed by atoms with Crippen LogP contribution in [0.2, 0.25) is 0 Å². The molecule has 2 fully saturated rings. The summed E-state index contributed by atoms with van der Waals surface area (Å²) in [7, 11) is 0. The van der Waals surface area contributed by atoms with Gasteiger partial charge in [0, 0.05) is 41.6 Å². The third-order valence-electron chi connectivity index (χ3n) is 8.48. The van der Waals surface area contributed by atoms with Gasteiger partial charge in [-0.2, -0.15) is 10.1 Å². The van der Waals surface area contributed by atoms with E-state index in [0.29, 0.717) is 36.8 Å². The highest BCUT2D eigenvalue weighted by Crippen LogP contribution is 2.50. The van der Waals surface area contributed by atoms with Crippen LogP contribution in [0.5, 0.6) is 0 Å². The van der Waals surface area contributed by atoms with Gasteiger partial charge in [0.05, 0.1) is 42.1 Å². The largest absolute Gasteiger partial charge is 0.377 e. The number of aromatic nitrogens is 7. The quantitative estimate of drug-likeness (QED) is 0.331. The van der Waals surface area contributed by atoms with Crippen LogP contribution in [0.1, 0.15) is 64.4 Å². The van der Waals surface area contributed by atoms with Crippen molar-refractivity contribution < 1.29 is 9.26 Å². The molecular weight excluding hydrogens is 492 g/mol. The molecule has 0 aromatic carbocycles. The molecule has 1 saturated heterocycles. The Morgan fingerprint density at radius 3 is 2.41 bits per heavy atom. The number of hydrogen-bond donors (Lipinski definition) is 0. The Labute approximate surface area is 227 Å². The first-order valence-electron chi connectivity index (χ1n) is 13.6. The predicted octanol–water partition coefficient (Wildman–Crippen LogP) is 4.96. The van der Waals surface area contributed by atoms with Crippen molar-refractivity contribution in [2.45, 2.75) is 64.0 Å². The second-order valence-electron chi connectivity index (χ2n) is 11.7. The van der Waals surface area contributed by atoms with Crippen LogP contribution in [0.4, 0.5) is 5.95 Å². The molecule has 0 amide bonds. The van der Waals surface area contributed by atoms with Gasteiger partial charge >= 0.3 is 0 Å². The van der Waals surface area contributed by atoms with E-state index in [1.165, 1.54) is 5.70 Å². The second-order valence-corrected chi connectivity index (χ2v) is 11.7. The van der Waals surface area contributed by atoms with E-state index in [9.17, 15) is 0 Å². The molecule has 7 rings (SSSR count). The summed E-state index contributed by atoms with van der Waals surface area (Å²) in [6.45, 7) is 10.1. The highest BCUT2D eigenvalue weighted by atomic mass is 16.5. The molecule has 0 radical (unpaired) electrons. The van der Waals surface area contributed by atoms with Gasteiger partial charge in [-0.25, -0.2) is 9.97 Å². The smallest absolute Gasteiger partial charge is 0.261 e. The Hall–Kier alpha value is -3.92. The van der Waals surface area contributed by atoms with Crippen molar-refractivity contribution in [3.8, 4) is 22.7 Å². The fraction of sp³-hybridized carbons (Fsp3) is 0.448. The summed E-state index contributed by atoms with van der Waals surface area (Å²) in [6.07, 6.45) is 14.8. The Bertz CT molecular complexity index is 1530. The number of pyridine rings is 1. The van der Waals surface area contributed by atoms with Crippen molar-refractivity contribution in [2.24, 2.45) is 5.92 Å². The summed E-state index contributed by atoms with van der Waals surface area (Å²) >= 11 is 0. The van der Waals surface area contributed by atoms with E-state index in [1.54, 1.807) is 6.20 Å². The van der Waals surface area contributed by atoms with Gasteiger partial charge in [0.25, 0.3) is 5.89 Å². The van der Waals surface area contributed by atoms with Crippen molar-refractivity contribution in [1.29, 1.82) is 0 Å². The number of ether oxygens (including phenoxy) is 1. The fourth-order valence-corrected chi connectivity index (χ4v) is 5.71. The minimum Gasteiger partial charge on any atom is -0.377 e. The normalized spacial score (nSPS) is 20.5. The van der Waals surface area contributed by atoms with Crippen molar-refractivity contribution in [3.63, 3.8) is 0 Å². The van der Waals surface area contributed by atoms with E-state index >= 15 is 0 Å². The van der Waals surface area contributed by atoms with Gasteiger partial charge in [0.1, 0.15) is 0 Å². The van der Waals surface area contributed by atoms with Crippen LogP contribution in [0.25, 0.3) is 22.7 Å². The molecule has 1 aliphatic carbocycles. The molecule has 0 N–H and O–H groups in total. The first-order chi connectivity index (χ1) is 18.8. The molecule has 1 saturated carbocycles. The van der Waals surface area contributed by atoms with E-state index in [-0.39, 0.29) is 11.6 Å². The minimum absolute atomic E-state index is 0.0280. The zero-order chi connectivity index (χ0) is 26.8. The molecule has 39 heavy (non-hydrogen) atoms. The maximum Gasteiger partial charge on any atom is 0.261 e. The molecule has 10 nitrogen and oxygen atoms in total. The summed E-state index contributed by atoms with van der Waals surface area (Å²) in [6, 6.07) is 4.43. The molecular formula is C29H32N8O2. The molecule has 2 aliphatic heterocycles. The first-order valence-corrected chi connectivity index (χ1v) is 13.6. The maximum atomic E-state index is 5.72. The lowest BCUT2D eigenvalue weighted by Crippen LogP contribution is -2.39. The minimum atomic E-state index is -0.392. The van der Waals surface area contributed by atoms with Gasteiger partial charge in [-0.05, 0) is 64.5 Å². The summed E-state index contributed by atoms with van der Waals surface area (Å²) < 4.78 is 12.9. The number of anilines is 1. The molecule has 0 spiro atoms. The van der Waals surface area contributed by atoms with Crippen LogP contribution in [-0.2, 0) is 10.2 Å². The average molecular weight is 525 g/mol. The van der Waals surface area contributed by atoms with Crippen LogP contribution in [0.3, 0.4) is 0 Å². The number of nitrogens with zero attached hydrogens (tertiary/aromatic N) is 8. The number of allylic oxidation sites excluding steroid dienone is 1. The van der Waals surface area contributed by atoms with Crippen LogP contribution < -0.4 is 4.90 Å². The molecule has 1 unspecified atom stereocenters. The van der Waals surface area contributed by atoms with Crippen molar-refractivity contribution >= 4 is 5.95 Å². The maximum absolute atomic E-state index is 5.72. The predicted molar refractivity (Wildman–Crippen MR) is 145 cm³/mol. The Balaban J connectivity index is 1.14. The number of rotatable bonds is 7. The molecule has 6 heterocycles. The molecule has 1 atom stereocenters. The lowest BCUT2D eigenvalue weighted by atomic mass is 9.77. The zero-order valence-corrected chi connectivity index (χ0v) is 22.7. The van der Waals surface area contributed by atoms with Crippen LogP contribution >= 0.6 is 0 Å². The molecule has 4 aromatic heterocycles. The van der Waals surface area contributed by atoms with Crippen LogP contribution in [-0.4, -0.2) is 53.6 Å².